The Morgan fingerprint density at radius 2 is 1.96 bits per heavy atom. The topological polar surface area (TPSA) is 73.4 Å². The molecule has 2 N–H and O–H groups in total. The molecule has 24 heavy (non-hydrogen) atoms. The number of benzene rings is 1. The fourth-order valence-corrected chi connectivity index (χ4v) is 4.49. The number of hydrogen-bond acceptors (Lipinski definition) is 4. The molecular weight excluding hydrogens is 304 g/mol. The van der Waals surface area contributed by atoms with Crippen molar-refractivity contribution in [3.05, 3.63) is 23.9 Å². The van der Waals surface area contributed by atoms with Crippen molar-refractivity contribution < 1.29 is 9.53 Å². The second kappa shape index (κ2) is 5.77. The summed E-state index contributed by atoms with van der Waals surface area (Å²) in [5.41, 5.74) is 6.87. The van der Waals surface area contributed by atoms with Gasteiger partial charge in [0.1, 0.15) is 5.75 Å². The Morgan fingerprint density at radius 3 is 2.58 bits per heavy atom. The first-order chi connectivity index (χ1) is 11.6. The minimum atomic E-state index is -0.486. The van der Waals surface area contributed by atoms with Crippen LogP contribution in [0, 0.1) is 0 Å². The number of carbonyl (C=O) groups is 1. The van der Waals surface area contributed by atoms with Crippen molar-refractivity contribution in [2.75, 3.05) is 14.2 Å². The first kappa shape index (κ1) is 15.4. The highest BCUT2D eigenvalue weighted by Gasteiger charge is 2.37. The van der Waals surface area contributed by atoms with Crippen molar-refractivity contribution in [2.45, 2.75) is 50.2 Å². The first-order valence-corrected chi connectivity index (χ1v) is 8.66. The second-order valence-corrected chi connectivity index (χ2v) is 7.07. The van der Waals surface area contributed by atoms with Gasteiger partial charge in [0, 0.05) is 17.5 Å². The van der Waals surface area contributed by atoms with Crippen LogP contribution in [0.4, 0.5) is 0 Å². The number of aromatic nitrogens is 2. The highest BCUT2D eigenvalue weighted by atomic mass is 16.5. The van der Waals surface area contributed by atoms with Gasteiger partial charge in [0.25, 0.3) is 5.91 Å². The molecule has 4 rings (SSSR count). The van der Waals surface area contributed by atoms with Crippen LogP contribution in [0.5, 0.6) is 5.75 Å². The van der Waals surface area contributed by atoms with E-state index in [0.29, 0.717) is 29.6 Å². The van der Waals surface area contributed by atoms with Crippen LogP contribution in [0.2, 0.25) is 0 Å². The summed E-state index contributed by atoms with van der Waals surface area (Å²) in [7, 11) is 3.86. The van der Waals surface area contributed by atoms with Gasteiger partial charge in [-0.15, -0.1) is 0 Å². The Kier molecular flexibility index (Phi) is 3.72. The number of amides is 1. The molecule has 1 aromatic carbocycles. The van der Waals surface area contributed by atoms with Gasteiger partial charge in [-0.25, -0.2) is 0 Å². The molecule has 0 saturated carbocycles. The van der Waals surface area contributed by atoms with Crippen molar-refractivity contribution in [3.8, 4) is 5.75 Å². The lowest BCUT2D eigenvalue weighted by atomic mass is 9.82. The quantitative estimate of drug-likeness (QED) is 0.938. The fraction of sp³-hybridized carbons (Fsp3) is 0.556. The summed E-state index contributed by atoms with van der Waals surface area (Å²) in [5, 5.41) is 5.39. The summed E-state index contributed by atoms with van der Waals surface area (Å²) in [6, 6.07) is 7.30. The average Bonchev–Trinajstić information content (AvgIpc) is 2.93. The molecule has 6 heteroatoms. The molecular formula is C18H24N4O2. The van der Waals surface area contributed by atoms with Gasteiger partial charge in [0.2, 0.25) is 0 Å². The lowest BCUT2D eigenvalue weighted by Crippen LogP contribution is -2.50. The van der Waals surface area contributed by atoms with Crippen LogP contribution in [0.25, 0.3) is 10.9 Å². The number of nitrogens with zero attached hydrogens (tertiary/aromatic N) is 3. The molecule has 0 aliphatic carbocycles. The smallest absolute Gasteiger partial charge is 0.269 e. The first-order valence-electron chi connectivity index (χ1n) is 8.66. The van der Waals surface area contributed by atoms with Crippen molar-refractivity contribution in [1.29, 1.82) is 0 Å². The van der Waals surface area contributed by atoms with E-state index in [1.165, 1.54) is 19.3 Å². The zero-order chi connectivity index (χ0) is 16.8. The number of primary amides is 1. The highest BCUT2D eigenvalue weighted by molar-refractivity contribution is 6.04. The molecule has 2 atom stereocenters. The molecule has 6 nitrogen and oxygen atoms in total. The number of rotatable bonds is 3. The van der Waals surface area contributed by atoms with Crippen molar-refractivity contribution in [2.24, 2.45) is 5.73 Å². The van der Waals surface area contributed by atoms with Crippen LogP contribution in [-0.2, 0) is 0 Å². The fourth-order valence-electron chi connectivity index (χ4n) is 4.49. The molecule has 2 aromatic rings. The number of hydrogen-bond donors (Lipinski definition) is 1. The third-order valence-electron chi connectivity index (χ3n) is 5.81. The lowest BCUT2D eigenvalue weighted by Gasteiger charge is -2.47. The maximum Gasteiger partial charge on any atom is 0.269 e. The molecule has 3 heterocycles. The van der Waals surface area contributed by atoms with E-state index in [2.05, 4.69) is 17.0 Å². The molecule has 2 aliphatic rings. The Hall–Kier alpha value is -2.08. The number of carbonyl (C=O) groups excluding carboxylic acids is 1. The third-order valence-corrected chi connectivity index (χ3v) is 5.81. The average molecular weight is 328 g/mol. The van der Waals surface area contributed by atoms with E-state index in [4.69, 9.17) is 10.5 Å². The van der Waals surface area contributed by atoms with E-state index in [0.717, 1.165) is 23.7 Å². The van der Waals surface area contributed by atoms with Gasteiger partial charge in [-0.05, 0) is 50.9 Å². The second-order valence-electron chi connectivity index (χ2n) is 7.07. The van der Waals surface area contributed by atoms with Crippen LogP contribution in [-0.4, -0.2) is 46.8 Å². The molecule has 128 valence electrons. The highest BCUT2D eigenvalue weighted by Crippen LogP contribution is 2.39. The van der Waals surface area contributed by atoms with E-state index in [-0.39, 0.29) is 0 Å². The summed E-state index contributed by atoms with van der Waals surface area (Å²) in [4.78, 5) is 14.4. The Balaban J connectivity index is 1.78. The maximum atomic E-state index is 11.9. The van der Waals surface area contributed by atoms with Gasteiger partial charge in [-0.1, -0.05) is 6.42 Å². The van der Waals surface area contributed by atoms with Gasteiger partial charge in [0.15, 0.2) is 5.69 Å². The van der Waals surface area contributed by atoms with E-state index in [1.807, 2.05) is 22.9 Å². The molecule has 2 saturated heterocycles. The number of fused-ring (bicyclic) bond motifs is 3. The molecule has 0 radical (unpaired) electrons. The number of nitrogens with two attached hydrogens (primary N) is 1. The normalized spacial score (nSPS) is 27.3. The van der Waals surface area contributed by atoms with Gasteiger partial charge < -0.3 is 15.4 Å². The van der Waals surface area contributed by atoms with Gasteiger partial charge >= 0.3 is 0 Å². The minimum Gasteiger partial charge on any atom is -0.497 e. The summed E-state index contributed by atoms with van der Waals surface area (Å²) < 4.78 is 7.33. The Labute approximate surface area is 141 Å². The van der Waals surface area contributed by atoms with Gasteiger partial charge in [-0.2, -0.15) is 5.10 Å². The van der Waals surface area contributed by atoms with Crippen LogP contribution in [0.15, 0.2) is 18.2 Å². The van der Waals surface area contributed by atoms with Crippen molar-refractivity contribution in [1.82, 2.24) is 14.7 Å². The van der Waals surface area contributed by atoms with E-state index in [1.54, 1.807) is 7.11 Å². The largest absolute Gasteiger partial charge is 0.497 e. The van der Waals surface area contributed by atoms with Crippen molar-refractivity contribution in [3.63, 3.8) is 0 Å². The zero-order valence-corrected chi connectivity index (χ0v) is 14.2. The predicted molar refractivity (Wildman–Crippen MR) is 92.3 cm³/mol. The monoisotopic (exact) mass is 328 g/mol. The summed E-state index contributed by atoms with van der Waals surface area (Å²) in [6.07, 6.45) is 5.97. The van der Waals surface area contributed by atoms with Crippen LogP contribution in [0.1, 0.15) is 48.6 Å². The molecule has 2 fully saturated rings. The van der Waals surface area contributed by atoms with Crippen LogP contribution < -0.4 is 10.5 Å². The van der Waals surface area contributed by atoms with Crippen molar-refractivity contribution >= 4 is 16.8 Å². The van der Waals surface area contributed by atoms with E-state index >= 15 is 0 Å². The summed E-state index contributed by atoms with van der Waals surface area (Å²) >= 11 is 0. The molecule has 0 spiro atoms. The lowest BCUT2D eigenvalue weighted by molar-refractivity contribution is 0.0379. The van der Waals surface area contributed by atoms with E-state index in [9.17, 15) is 4.79 Å². The Bertz CT molecular complexity index is 771. The minimum absolute atomic E-state index is 0.320. The maximum absolute atomic E-state index is 11.9. The van der Waals surface area contributed by atoms with Gasteiger partial charge in [-0.3, -0.25) is 9.48 Å². The SMILES string of the molecule is COc1ccc2c(c1)c(C(N)=O)nn2C1CC2CCCC(C1)N2C. The van der Waals surface area contributed by atoms with Crippen LogP contribution in [0.3, 0.4) is 0 Å². The Morgan fingerprint density at radius 1 is 1.25 bits per heavy atom. The molecule has 1 amide bonds. The third kappa shape index (κ3) is 2.36. The molecule has 2 unspecified atom stereocenters. The number of methoxy groups -OCH3 is 1. The van der Waals surface area contributed by atoms with Gasteiger partial charge in [0.05, 0.1) is 18.7 Å². The standard InChI is InChI=1S/C18H24N4O2/c1-21-11-4-3-5-12(21)9-13(8-11)22-16-7-6-14(24-2)10-15(16)17(20-22)18(19)23/h6-7,10-13H,3-5,8-9H2,1-2H3,(H2,19,23). The molecule has 2 bridgehead atoms. The zero-order valence-electron chi connectivity index (χ0n) is 14.2. The molecule has 2 aliphatic heterocycles. The van der Waals surface area contributed by atoms with Crippen LogP contribution >= 0.6 is 0 Å². The van der Waals surface area contributed by atoms with E-state index < -0.39 is 5.91 Å². The molecule has 1 aromatic heterocycles. The number of ether oxygens (including phenoxy) is 1. The summed E-state index contributed by atoms with van der Waals surface area (Å²) in [6.45, 7) is 0. The number of piperidine rings is 2. The summed E-state index contributed by atoms with van der Waals surface area (Å²) in [5.74, 6) is 0.227. The predicted octanol–water partition coefficient (Wildman–Crippen LogP) is 2.33.